The van der Waals surface area contributed by atoms with Crippen LogP contribution in [0.15, 0.2) is 303 Å². The molecule has 0 bridgehead atoms. The molecule has 4 nitrogen and oxygen atoms in total. The number of nitrogens with zero attached hydrogens (tertiary/aromatic N) is 4. The first-order chi connectivity index (χ1) is 42.6. The van der Waals surface area contributed by atoms with Crippen molar-refractivity contribution in [3.05, 3.63) is 326 Å². The zero-order valence-corrected chi connectivity index (χ0v) is 48.3. The van der Waals surface area contributed by atoms with E-state index in [2.05, 4.69) is 323 Å². The third-order valence-electron chi connectivity index (χ3n) is 19.3. The van der Waals surface area contributed by atoms with E-state index in [1.807, 2.05) is 0 Å². The van der Waals surface area contributed by atoms with Gasteiger partial charge in [-0.2, -0.15) is 0 Å². The molecular weight excluding hydrogens is 1040 g/mol. The minimum atomic E-state index is -0.0476. The third-order valence-corrected chi connectivity index (χ3v) is 19.3. The van der Waals surface area contributed by atoms with Gasteiger partial charge >= 0.3 is 0 Å². The van der Waals surface area contributed by atoms with Crippen LogP contribution < -0.4 is 19.6 Å². The van der Waals surface area contributed by atoms with Crippen molar-refractivity contribution in [2.75, 3.05) is 19.6 Å². The smallest absolute Gasteiger partial charge is 0.0465 e. The molecule has 2 fully saturated rings. The molecule has 16 rings (SSSR count). The van der Waals surface area contributed by atoms with Gasteiger partial charge in [-0.3, -0.25) is 0 Å². The summed E-state index contributed by atoms with van der Waals surface area (Å²) in [6, 6.07) is 112. The van der Waals surface area contributed by atoms with Gasteiger partial charge in [0.2, 0.25) is 0 Å². The molecule has 4 aliphatic rings. The van der Waals surface area contributed by atoms with Crippen LogP contribution in [0.1, 0.15) is 73.6 Å². The molecule has 0 aliphatic heterocycles. The van der Waals surface area contributed by atoms with E-state index in [1.165, 1.54) is 104 Å². The van der Waals surface area contributed by atoms with E-state index in [-0.39, 0.29) is 10.8 Å². The lowest BCUT2D eigenvalue weighted by Crippen LogP contribution is -2.21. The van der Waals surface area contributed by atoms with Gasteiger partial charge in [-0.1, -0.05) is 183 Å². The maximum absolute atomic E-state index is 2.53. The van der Waals surface area contributed by atoms with Crippen LogP contribution in [-0.4, -0.2) is 0 Å². The molecule has 0 atom stereocenters. The zero-order chi connectivity index (χ0) is 57.0. The molecule has 2 saturated carbocycles. The van der Waals surface area contributed by atoms with Crippen molar-refractivity contribution in [3.8, 4) is 33.4 Å². The van der Waals surface area contributed by atoms with E-state index in [1.54, 1.807) is 0 Å². The molecule has 0 N–H and O–H groups in total. The van der Waals surface area contributed by atoms with Gasteiger partial charge < -0.3 is 19.6 Å². The number of fused-ring (bicyclic) bond motifs is 10. The first kappa shape index (κ1) is 51.5. The molecule has 4 heteroatoms. The second-order valence-electron chi connectivity index (χ2n) is 23.9. The van der Waals surface area contributed by atoms with Gasteiger partial charge in [0, 0.05) is 79.1 Å². The molecule has 0 amide bonds. The van der Waals surface area contributed by atoms with E-state index in [0.29, 0.717) is 0 Å². The first-order valence-corrected chi connectivity index (χ1v) is 30.9. The van der Waals surface area contributed by atoms with Crippen molar-refractivity contribution in [1.82, 2.24) is 0 Å². The van der Waals surface area contributed by atoms with Crippen LogP contribution in [0.4, 0.5) is 68.2 Å². The van der Waals surface area contributed by atoms with Gasteiger partial charge in [0.05, 0.1) is 0 Å². The predicted octanol–water partition coefficient (Wildman–Crippen LogP) is 22.9. The topological polar surface area (TPSA) is 13.0 Å². The summed E-state index contributed by atoms with van der Waals surface area (Å²) in [4.78, 5) is 9.71. The fourth-order valence-electron chi connectivity index (χ4n) is 15.4. The summed E-state index contributed by atoms with van der Waals surface area (Å²) >= 11 is 0. The van der Waals surface area contributed by atoms with Crippen LogP contribution in [0.25, 0.3) is 33.4 Å². The SMILES string of the molecule is c1ccc(N(c2ccccc2)c2ccc3c(c2)C2(CCCC2)c2cc(N(c4ccccc4)c4ccc(-c5ccc(N(c6ccccc6)c6ccc7c(c6)C6(CCCC6)c6cc(N(c8ccccc8)c8ccccc8)ccc6-7)cc5)cc4)ccc2-3)cc1. The number of anilines is 12. The molecule has 0 saturated heterocycles. The van der Waals surface area contributed by atoms with Crippen LogP contribution in [-0.2, 0) is 10.8 Å². The van der Waals surface area contributed by atoms with Gasteiger partial charge in [0.1, 0.15) is 0 Å². The first-order valence-electron chi connectivity index (χ1n) is 30.9. The van der Waals surface area contributed by atoms with Crippen molar-refractivity contribution < 1.29 is 0 Å². The van der Waals surface area contributed by atoms with Crippen molar-refractivity contribution in [2.45, 2.75) is 62.2 Å². The summed E-state index contributed by atoms with van der Waals surface area (Å²) in [5.74, 6) is 0. The molecule has 0 aromatic heterocycles. The number of benzene rings is 12. The average Bonchev–Trinajstić information content (AvgIpc) is 1.62. The summed E-state index contributed by atoms with van der Waals surface area (Å²) in [7, 11) is 0. The Balaban J connectivity index is 0.714. The number of hydrogen-bond donors (Lipinski definition) is 0. The Labute approximate surface area is 506 Å². The largest absolute Gasteiger partial charge is 0.310 e. The fourth-order valence-corrected chi connectivity index (χ4v) is 15.4. The normalized spacial score (nSPS) is 14.6. The van der Waals surface area contributed by atoms with Crippen molar-refractivity contribution in [1.29, 1.82) is 0 Å². The van der Waals surface area contributed by atoms with Crippen LogP contribution in [0.5, 0.6) is 0 Å². The highest BCUT2D eigenvalue weighted by Gasteiger charge is 2.47. The average molecular weight is 1110 g/mol. The Bertz CT molecular complexity index is 4020. The molecule has 0 unspecified atom stereocenters. The Hall–Kier alpha value is -10.2. The van der Waals surface area contributed by atoms with E-state index >= 15 is 0 Å². The Kier molecular flexibility index (Phi) is 12.9. The van der Waals surface area contributed by atoms with Gasteiger partial charge in [-0.05, 0) is 227 Å². The summed E-state index contributed by atoms with van der Waals surface area (Å²) in [5, 5.41) is 0. The molecule has 0 heterocycles. The Morgan fingerprint density at radius 3 is 0.581 bits per heavy atom. The van der Waals surface area contributed by atoms with E-state index < -0.39 is 0 Å². The lowest BCUT2D eigenvalue weighted by Gasteiger charge is -2.31. The predicted molar refractivity (Wildman–Crippen MR) is 360 cm³/mol. The molecule has 4 aliphatic carbocycles. The highest BCUT2D eigenvalue weighted by Crippen LogP contribution is 2.61. The molecule has 86 heavy (non-hydrogen) atoms. The maximum atomic E-state index is 2.53. The Morgan fingerprint density at radius 2 is 0.372 bits per heavy atom. The van der Waals surface area contributed by atoms with Gasteiger partial charge in [0.25, 0.3) is 0 Å². The monoisotopic (exact) mass is 1110 g/mol. The highest BCUT2D eigenvalue weighted by atomic mass is 15.2. The Morgan fingerprint density at radius 1 is 0.186 bits per heavy atom. The summed E-state index contributed by atoms with van der Waals surface area (Å²) in [5.41, 5.74) is 27.5. The molecule has 12 aromatic rings. The quantitative estimate of drug-likeness (QED) is 0.114. The second kappa shape index (κ2) is 21.5. The lowest BCUT2D eigenvalue weighted by molar-refractivity contribution is 0.550. The van der Waals surface area contributed by atoms with Crippen LogP contribution in [0, 0.1) is 0 Å². The minimum absolute atomic E-state index is 0.0476. The van der Waals surface area contributed by atoms with Crippen LogP contribution in [0.3, 0.4) is 0 Å². The number of rotatable bonds is 13. The number of para-hydroxylation sites is 6. The number of hydrogen-bond acceptors (Lipinski definition) is 4. The molecule has 2 spiro atoms. The summed E-state index contributed by atoms with van der Waals surface area (Å²) in [6.45, 7) is 0. The van der Waals surface area contributed by atoms with Crippen LogP contribution >= 0.6 is 0 Å². The van der Waals surface area contributed by atoms with E-state index in [4.69, 9.17) is 0 Å². The van der Waals surface area contributed by atoms with Gasteiger partial charge in [0.15, 0.2) is 0 Å². The van der Waals surface area contributed by atoms with E-state index in [0.717, 1.165) is 71.2 Å². The van der Waals surface area contributed by atoms with Gasteiger partial charge in [-0.25, -0.2) is 0 Å². The third kappa shape index (κ3) is 8.73. The van der Waals surface area contributed by atoms with Crippen LogP contribution in [0.2, 0.25) is 0 Å². The van der Waals surface area contributed by atoms with Crippen molar-refractivity contribution in [2.24, 2.45) is 0 Å². The molecule has 0 radical (unpaired) electrons. The highest BCUT2D eigenvalue weighted by molar-refractivity contribution is 5.91. The maximum Gasteiger partial charge on any atom is 0.0465 e. The fraction of sp³-hybridized carbons (Fsp3) is 0.122. The zero-order valence-electron chi connectivity index (χ0n) is 48.3. The van der Waals surface area contributed by atoms with E-state index in [9.17, 15) is 0 Å². The standard InChI is InChI=1S/C82H66N4/c1-7-23-61(24-8-1)83(62-25-9-2-10-26-62)69-43-47-73-75-49-45-71(57-79(75)81(77(73)55-69)51-19-20-52-81)85(65-31-15-5-16-32-65)67-39-35-59(36-40-67)60-37-41-68(42-38-60)86(66-33-17-6-18-34-66)72-46-50-76-74-48-44-70(56-78(74)82(80(76)58-72)53-21-22-54-82)84(63-27-11-3-12-28-63)64-29-13-4-14-30-64/h1-18,23-50,55-58H,19-22,51-54H2. The second-order valence-corrected chi connectivity index (χ2v) is 23.9. The molecule has 414 valence electrons. The van der Waals surface area contributed by atoms with Gasteiger partial charge in [-0.15, -0.1) is 0 Å². The molecule has 12 aromatic carbocycles. The minimum Gasteiger partial charge on any atom is -0.310 e. The summed E-state index contributed by atoms with van der Waals surface area (Å²) < 4.78 is 0. The summed E-state index contributed by atoms with van der Waals surface area (Å²) in [6.07, 6.45) is 9.47. The molecular formula is C82H66N4. The van der Waals surface area contributed by atoms with Crippen molar-refractivity contribution in [3.63, 3.8) is 0 Å². The lowest BCUT2D eigenvalue weighted by atomic mass is 9.76. The van der Waals surface area contributed by atoms with Crippen molar-refractivity contribution >= 4 is 68.2 Å².